The van der Waals surface area contributed by atoms with Crippen molar-refractivity contribution in [3.8, 4) is 0 Å². The molecule has 0 heterocycles. The molecule has 0 aliphatic carbocycles. The van der Waals surface area contributed by atoms with Crippen LogP contribution in [0.15, 0.2) is 22.7 Å². The standard InChI is InChI=1S/C15H23BrClN/c1-5-18-13(10-15(2,3)4)8-11-6-7-12(16)9-14(11)17/h6-7,9,13,18H,5,8,10H2,1-4H3. The zero-order valence-electron chi connectivity index (χ0n) is 11.7. The van der Waals surface area contributed by atoms with E-state index in [0.717, 1.165) is 28.9 Å². The maximum atomic E-state index is 6.29. The fourth-order valence-electron chi connectivity index (χ4n) is 2.20. The SMILES string of the molecule is CCNC(Cc1ccc(Br)cc1Cl)CC(C)(C)C. The summed E-state index contributed by atoms with van der Waals surface area (Å²) in [5.41, 5.74) is 1.55. The molecule has 1 atom stereocenters. The quantitative estimate of drug-likeness (QED) is 0.794. The Hall–Kier alpha value is -0.0500. The Morgan fingerprint density at radius 1 is 1.33 bits per heavy atom. The summed E-state index contributed by atoms with van der Waals surface area (Å²) in [5.74, 6) is 0. The van der Waals surface area contributed by atoms with Gasteiger partial charge in [-0.25, -0.2) is 0 Å². The van der Waals surface area contributed by atoms with Gasteiger partial charge in [-0.1, -0.05) is 61.3 Å². The first-order chi connectivity index (χ1) is 8.31. The molecule has 0 radical (unpaired) electrons. The Morgan fingerprint density at radius 2 is 2.00 bits per heavy atom. The van der Waals surface area contributed by atoms with Crippen molar-refractivity contribution in [3.63, 3.8) is 0 Å². The molecule has 18 heavy (non-hydrogen) atoms. The van der Waals surface area contributed by atoms with Gasteiger partial charge < -0.3 is 5.32 Å². The second-order valence-electron chi connectivity index (χ2n) is 5.96. The largest absolute Gasteiger partial charge is 0.314 e. The third kappa shape index (κ3) is 5.73. The fourth-order valence-corrected chi connectivity index (χ4v) is 2.95. The summed E-state index contributed by atoms with van der Waals surface area (Å²) in [6, 6.07) is 6.62. The monoisotopic (exact) mass is 331 g/mol. The summed E-state index contributed by atoms with van der Waals surface area (Å²) in [4.78, 5) is 0. The summed E-state index contributed by atoms with van der Waals surface area (Å²) >= 11 is 9.73. The van der Waals surface area contributed by atoms with Crippen molar-refractivity contribution in [1.82, 2.24) is 5.32 Å². The van der Waals surface area contributed by atoms with Crippen LogP contribution in [0, 0.1) is 5.41 Å². The van der Waals surface area contributed by atoms with Gasteiger partial charge in [0, 0.05) is 15.5 Å². The summed E-state index contributed by atoms with van der Waals surface area (Å²) < 4.78 is 1.03. The van der Waals surface area contributed by atoms with Crippen LogP contribution in [0.2, 0.25) is 5.02 Å². The fraction of sp³-hybridized carbons (Fsp3) is 0.600. The Kier molecular flexibility index (Phi) is 6.16. The van der Waals surface area contributed by atoms with Crippen molar-refractivity contribution in [2.45, 2.75) is 46.6 Å². The highest BCUT2D eigenvalue weighted by molar-refractivity contribution is 9.10. The molecule has 1 nitrogen and oxygen atoms in total. The highest BCUT2D eigenvalue weighted by Gasteiger charge is 2.19. The molecule has 1 rings (SSSR count). The Morgan fingerprint density at radius 3 is 2.50 bits per heavy atom. The third-order valence-electron chi connectivity index (χ3n) is 2.83. The summed E-state index contributed by atoms with van der Waals surface area (Å²) in [6.07, 6.45) is 2.13. The highest BCUT2D eigenvalue weighted by Crippen LogP contribution is 2.26. The van der Waals surface area contributed by atoms with Gasteiger partial charge in [0.2, 0.25) is 0 Å². The Bertz CT molecular complexity index is 385. The molecule has 0 spiro atoms. The maximum Gasteiger partial charge on any atom is 0.0449 e. The number of benzene rings is 1. The first-order valence-electron chi connectivity index (χ1n) is 6.49. The number of hydrogen-bond donors (Lipinski definition) is 1. The molecule has 3 heteroatoms. The number of nitrogens with one attached hydrogen (secondary N) is 1. The van der Waals surface area contributed by atoms with Crippen LogP contribution >= 0.6 is 27.5 Å². The second-order valence-corrected chi connectivity index (χ2v) is 7.28. The van der Waals surface area contributed by atoms with E-state index < -0.39 is 0 Å². The zero-order valence-corrected chi connectivity index (χ0v) is 14.0. The van der Waals surface area contributed by atoms with Crippen LogP contribution in [0.1, 0.15) is 39.7 Å². The van der Waals surface area contributed by atoms with Gasteiger partial charge in [-0.05, 0) is 42.5 Å². The molecule has 1 aromatic carbocycles. The van der Waals surface area contributed by atoms with Crippen LogP contribution in [0.5, 0.6) is 0 Å². The highest BCUT2D eigenvalue weighted by atomic mass is 79.9. The van der Waals surface area contributed by atoms with Crippen molar-refractivity contribution in [2.24, 2.45) is 5.41 Å². The predicted octanol–water partition coefficient (Wildman–Crippen LogP) is 5.06. The van der Waals surface area contributed by atoms with Crippen LogP contribution in [0.4, 0.5) is 0 Å². The second kappa shape index (κ2) is 6.93. The minimum atomic E-state index is 0.328. The summed E-state index contributed by atoms with van der Waals surface area (Å²) in [6.45, 7) is 9.98. The molecule has 0 aliphatic heterocycles. The molecule has 0 saturated carbocycles. The van der Waals surface area contributed by atoms with Crippen molar-refractivity contribution >= 4 is 27.5 Å². The summed E-state index contributed by atoms with van der Waals surface area (Å²) in [7, 11) is 0. The molecule has 0 saturated heterocycles. The summed E-state index contributed by atoms with van der Waals surface area (Å²) in [5, 5.41) is 4.41. The Balaban J connectivity index is 2.76. The van der Waals surface area contributed by atoms with E-state index >= 15 is 0 Å². The molecule has 1 aromatic rings. The van der Waals surface area contributed by atoms with Crippen molar-refractivity contribution in [3.05, 3.63) is 33.3 Å². The van der Waals surface area contributed by atoms with Crippen LogP contribution < -0.4 is 5.32 Å². The van der Waals surface area contributed by atoms with E-state index in [9.17, 15) is 0 Å². The minimum Gasteiger partial charge on any atom is -0.314 e. The molecule has 0 aromatic heterocycles. The normalized spacial score (nSPS) is 13.7. The van der Waals surface area contributed by atoms with Gasteiger partial charge in [0.1, 0.15) is 0 Å². The number of rotatable bonds is 5. The van der Waals surface area contributed by atoms with Gasteiger partial charge in [0.05, 0.1) is 0 Å². The van der Waals surface area contributed by atoms with Gasteiger partial charge in [-0.2, -0.15) is 0 Å². The Labute approximate surface area is 124 Å². The van der Waals surface area contributed by atoms with E-state index in [1.54, 1.807) is 0 Å². The van der Waals surface area contributed by atoms with Gasteiger partial charge in [0.15, 0.2) is 0 Å². The molecule has 0 aliphatic rings. The molecular formula is C15H23BrClN. The van der Waals surface area contributed by atoms with Crippen molar-refractivity contribution < 1.29 is 0 Å². The van der Waals surface area contributed by atoms with E-state index in [-0.39, 0.29) is 0 Å². The van der Waals surface area contributed by atoms with Crippen molar-refractivity contribution in [1.29, 1.82) is 0 Å². The molecule has 102 valence electrons. The lowest BCUT2D eigenvalue weighted by molar-refractivity contribution is 0.309. The lowest BCUT2D eigenvalue weighted by Crippen LogP contribution is -2.34. The van der Waals surface area contributed by atoms with Gasteiger partial charge in [0.25, 0.3) is 0 Å². The zero-order chi connectivity index (χ0) is 13.8. The third-order valence-corrected chi connectivity index (χ3v) is 3.68. The molecular weight excluding hydrogens is 310 g/mol. The van der Waals surface area contributed by atoms with Crippen LogP contribution in [-0.4, -0.2) is 12.6 Å². The van der Waals surface area contributed by atoms with Crippen LogP contribution in [0.3, 0.4) is 0 Å². The molecule has 1 unspecified atom stereocenters. The van der Waals surface area contributed by atoms with E-state index in [2.05, 4.69) is 61.1 Å². The van der Waals surface area contributed by atoms with Gasteiger partial charge in [-0.15, -0.1) is 0 Å². The lowest BCUT2D eigenvalue weighted by atomic mass is 9.86. The molecule has 0 bridgehead atoms. The smallest absolute Gasteiger partial charge is 0.0449 e. The topological polar surface area (TPSA) is 12.0 Å². The number of likely N-dealkylation sites (N-methyl/N-ethyl adjacent to an activating group) is 1. The molecule has 1 N–H and O–H groups in total. The first kappa shape index (κ1) is 16.0. The minimum absolute atomic E-state index is 0.328. The number of hydrogen-bond acceptors (Lipinski definition) is 1. The first-order valence-corrected chi connectivity index (χ1v) is 7.66. The van der Waals surface area contributed by atoms with E-state index in [0.29, 0.717) is 11.5 Å². The number of halogens is 2. The lowest BCUT2D eigenvalue weighted by Gasteiger charge is -2.27. The van der Waals surface area contributed by atoms with Crippen molar-refractivity contribution in [2.75, 3.05) is 6.54 Å². The predicted molar refractivity (Wildman–Crippen MR) is 84.4 cm³/mol. The van der Waals surface area contributed by atoms with E-state index in [1.165, 1.54) is 5.56 Å². The molecule has 0 amide bonds. The average molecular weight is 333 g/mol. The van der Waals surface area contributed by atoms with Gasteiger partial charge >= 0.3 is 0 Å². The van der Waals surface area contributed by atoms with Crippen LogP contribution in [0.25, 0.3) is 0 Å². The maximum absolute atomic E-state index is 6.29. The van der Waals surface area contributed by atoms with Crippen LogP contribution in [-0.2, 0) is 6.42 Å². The molecule has 0 fully saturated rings. The van der Waals surface area contributed by atoms with E-state index in [1.807, 2.05) is 6.07 Å². The van der Waals surface area contributed by atoms with E-state index in [4.69, 9.17) is 11.6 Å². The van der Waals surface area contributed by atoms with Gasteiger partial charge in [-0.3, -0.25) is 0 Å². The average Bonchev–Trinajstić information content (AvgIpc) is 2.20.